The molecule has 0 fully saturated rings. The lowest BCUT2D eigenvalue weighted by molar-refractivity contribution is -0.0556. The molecule has 2 rings (SSSR count). The quantitative estimate of drug-likeness (QED) is 0.799. The third kappa shape index (κ3) is 2.02. The van der Waals surface area contributed by atoms with Gasteiger partial charge in [-0.05, 0) is 42.9 Å². The van der Waals surface area contributed by atoms with E-state index >= 15 is 0 Å². The van der Waals surface area contributed by atoms with Crippen LogP contribution in [-0.2, 0) is 18.8 Å². The molecular weight excluding hydrogens is 198 g/mol. The van der Waals surface area contributed by atoms with Crippen LogP contribution in [0.3, 0.4) is 0 Å². The minimum absolute atomic E-state index is 0.0642. The SMILES string of the molecule is OCC(F)(F)c1ccc2c(c1)CCCC2. The van der Waals surface area contributed by atoms with Gasteiger partial charge in [-0.15, -0.1) is 0 Å². The lowest BCUT2D eigenvalue weighted by Crippen LogP contribution is -2.19. The van der Waals surface area contributed by atoms with Gasteiger partial charge >= 0.3 is 0 Å². The van der Waals surface area contributed by atoms with E-state index in [-0.39, 0.29) is 5.56 Å². The van der Waals surface area contributed by atoms with Crippen molar-refractivity contribution in [1.82, 2.24) is 0 Å². The fraction of sp³-hybridized carbons (Fsp3) is 0.500. The van der Waals surface area contributed by atoms with Gasteiger partial charge in [0.2, 0.25) is 0 Å². The van der Waals surface area contributed by atoms with Gasteiger partial charge in [0.25, 0.3) is 5.92 Å². The van der Waals surface area contributed by atoms with Crippen LogP contribution in [-0.4, -0.2) is 11.7 Å². The molecule has 15 heavy (non-hydrogen) atoms. The first-order valence-electron chi connectivity index (χ1n) is 5.24. The molecule has 1 aromatic carbocycles. The maximum Gasteiger partial charge on any atom is 0.295 e. The fourth-order valence-corrected chi connectivity index (χ4v) is 2.05. The van der Waals surface area contributed by atoms with E-state index in [1.165, 1.54) is 11.6 Å². The Bertz CT molecular complexity index is 361. The van der Waals surface area contributed by atoms with Crippen LogP contribution in [0.15, 0.2) is 18.2 Å². The van der Waals surface area contributed by atoms with Crippen molar-refractivity contribution in [1.29, 1.82) is 0 Å². The molecule has 0 spiro atoms. The summed E-state index contributed by atoms with van der Waals surface area (Å²) in [5.41, 5.74) is 2.14. The lowest BCUT2D eigenvalue weighted by atomic mass is 9.89. The topological polar surface area (TPSA) is 20.2 Å². The molecule has 82 valence electrons. The van der Waals surface area contributed by atoms with E-state index in [0.717, 1.165) is 31.2 Å². The van der Waals surface area contributed by atoms with Crippen molar-refractivity contribution in [3.05, 3.63) is 34.9 Å². The van der Waals surface area contributed by atoms with Crippen molar-refractivity contribution in [2.75, 3.05) is 6.61 Å². The molecule has 0 saturated heterocycles. The van der Waals surface area contributed by atoms with E-state index in [2.05, 4.69) is 0 Å². The van der Waals surface area contributed by atoms with E-state index in [9.17, 15) is 8.78 Å². The number of hydrogen-bond acceptors (Lipinski definition) is 1. The minimum Gasteiger partial charge on any atom is -0.390 e. The van der Waals surface area contributed by atoms with E-state index in [1.54, 1.807) is 12.1 Å². The maximum atomic E-state index is 13.2. The minimum atomic E-state index is -3.10. The lowest BCUT2D eigenvalue weighted by Gasteiger charge is -2.19. The van der Waals surface area contributed by atoms with E-state index < -0.39 is 12.5 Å². The Morgan fingerprint density at radius 3 is 2.47 bits per heavy atom. The van der Waals surface area contributed by atoms with Crippen LogP contribution in [0.4, 0.5) is 8.78 Å². The van der Waals surface area contributed by atoms with Gasteiger partial charge in [0.1, 0.15) is 6.61 Å². The summed E-state index contributed by atoms with van der Waals surface area (Å²) in [5, 5.41) is 8.60. The average Bonchev–Trinajstić information content (AvgIpc) is 2.28. The Kier molecular flexibility index (Phi) is 2.74. The van der Waals surface area contributed by atoms with Gasteiger partial charge in [-0.25, -0.2) is 0 Å². The van der Waals surface area contributed by atoms with Crippen LogP contribution in [0.2, 0.25) is 0 Å². The third-order valence-corrected chi connectivity index (χ3v) is 2.97. The number of hydrogen-bond donors (Lipinski definition) is 1. The summed E-state index contributed by atoms with van der Waals surface area (Å²) in [6, 6.07) is 4.75. The molecule has 1 aromatic rings. The van der Waals surface area contributed by atoms with Crippen LogP contribution in [0.1, 0.15) is 29.5 Å². The molecule has 0 saturated carbocycles. The molecule has 1 N–H and O–H groups in total. The molecule has 0 radical (unpaired) electrons. The molecule has 0 aliphatic heterocycles. The highest BCUT2D eigenvalue weighted by Crippen LogP contribution is 2.31. The van der Waals surface area contributed by atoms with E-state index in [1.807, 2.05) is 0 Å². The number of aliphatic hydroxyl groups is 1. The molecule has 0 bridgehead atoms. The molecule has 0 aromatic heterocycles. The number of benzene rings is 1. The summed E-state index contributed by atoms with van der Waals surface area (Å²) >= 11 is 0. The predicted octanol–water partition coefficient (Wildman–Crippen LogP) is 2.65. The van der Waals surface area contributed by atoms with Crippen molar-refractivity contribution >= 4 is 0 Å². The van der Waals surface area contributed by atoms with Crippen molar-refractivity contribution in [3.8, 4) is 0 Å². The fourth-order valence-electron chi connectivity index (χ4n) is 2.05. The molecule has 0 heterocycles. The highest BCUT2D eigenvalue weighted by molar-refractivity contribution is 5.35. The second-order valence-electron chi connectivity index (χ2n) is 4.05. The number of aryl methyl sites for hydroxylation is 2. The summed E-state index contributed by atoms with van der Waals surface area (Å²) in [4.78, 5) is 0. The van der Waals surface area contributed by atoms with Gasteiger partial charge in [-0.1, -0.05) is 12.1 Å². The first kappa shape index (κ1) is 10.6. The highest BCUT2D eigenvalue weighted by atomic mass is 19.3. The Morgan fingerprint density at radius 2 is 1.80 bits per heavy atom. The molecule has 0 amide bonds. The summed E-state index contributed by atoms with van der Waals surface area (Å²) in [6.45, 7) is -1.12. The standard InChI is InChI=1S/C12H14F2O/c13-12(14,8-15)11-6-5-9-3-1-2-4-10(9)7-11/h5-7,15H,1-4,8H2. The van der Waals surface area contributed by atoms with Crippen molar-refractivity contribution in [2.45, 2.75) is 31.6 Å². The van der Waals surface area contributed by atoms with Gasteiger partial charge in [0, 0.05) is 5.56 Å². The first-order chi connectivity index (χ1) is 7.13. The molecule has 1 aliphatic carbocycles. The zero-order valence-electron chi connectivity index (χ0n) is 8.47. The summed E-state index contributed by atoms with van der Waals surface area (Å²) in [6.07, 6.45) is 4.08. The Morgan fingerprint density at radius 1 is 1.13 bits per heavy atom. The second-order valence-corrected chi connectivity index (χ2v) is 4.05. The van der Waals surface area contributed by atoms with Crippen molar-refractivity contribution in [2.24, 2.45) is 0 Å². The van der Waals surface area contributed by atoms with E-state index in [4.69, 9.17) is 5.11 Å². The van der Waals surface area contributed by atoms with Crippen LogP contribution >= 0.6 is 0 Å². The smallest absolute Gasteiger partial charge is 0.295 e. The summed E-state index contributed by atoms with van der Waals surface area (Å²) in [7, 11) is 0. The Labute approximate surface area is 87.7 Å². The van der Waals surface area contributed by atoms with Crippen LogP contribution in [0, 0.1) is 0 Å². The monoisotopic (exact) mass is 212 g/mol. The molecular formula is C12H14F2O. The average molecular weight is 212 g/mol. The molecule has 1 aliphatic rings. The number of aliphatic hydroxyl groups excluding tert-OH is 1. The first-order valence-corrected chi connectivity index (χ1v) is 5.24. The molecule has 0 unspecified atom stereocenters. The number of alkyl halides is 2. The summed E-state index contributed by atoms with van der Waals surface area (Å²) in [5.74, 6) is -3.10. The maximum absolute atomic E-state index is 13.2. The van der Waals surface area contributed by atoms with Gasteiger partial charge < -0.3 is 5.11 Å². The largest absolute Gasteiger partial charge is 0.390 e. The molecule has 3 heteroatoms. The zero-order valence-corrected chi connectivity index (χ0v) is 8.47. The highest BCUT2D eigenvalue weighted by Gasteiger charge is 2.31. The normalized spacial score (nSPS) is 16.2. The van der Waals surface area contributed by atoms with Gasteiger partial charge in [-0.3, -0.25) is 0 Å². The third-order valence-electron chi connectivity index (χ3n) is 2.97. The summed E-state index contributed by atoms with van der Waals surface area (Å²) < 4.78 is 26.4. The molecule has 0 atom stereocenters. The Hall–Kier alpha value is -0.960. The second kappa shape index (κ2) is 3.89. The van der Waals surface area contributed by atoms with E-state index in [0.29, 0.717) is 0 Å². The molecule has 1 nitrogen and oxygen atoms in total. The van der Waals surface area contributed by atoms with Crippen LogP contribution in [0.25, 0.3) is 0 Å². The predicted molar refractivity (Wildman–Crippen MR) is 54.1 cm³/mol. The van der Waals surface area contributed by atoms with Gasteiger partial charge in [-0.2, -0.15) is 8.78 Å². The van der Waals surface area contributed by atoms with Gasteiger partial charge in [0.05, 0.1) is 0 Å². The number of halogens is 2. The van der Waals surface area contributed by atoms with Crippen LogP contribution < -0.4 is 0 Å². The number of fused-ring (bicyclic) bond motifs is 1. The van der Waals surface area contributed by atoms with Crippen molar-refractivity contribution in [3.63, 3.8) is 0 Å². The Balaban J connectivity index is 2.36. The van der Waals surface area contributed by atoms with Crippen molar-refractivity contribution < 1.29 is 13.9 Å². The number of rotatable bonds is 2. The van der Waals surface area contributed by atoms with Gasteiger partial charge in [0.15, 0.2) is 0 Å². The zero-order chi connectivity index (χ0) is 10.9. The van der Waals surface area contributed by atoms with Crippen LogP contribution in [0.5, 0.6) is 0 Å².